The van der Waals surface area contributed by atoms with Gasteiger partial charge in [-0.2, -0.15) is 0 Å². The Hall–Kier alpha value is -1.06. The summed E-state index contributed by atoms with van der Waals surface area (Å²) in [7, 11) is 1.68. The van der Waals surface area contributed by atoms with E-state index in [1.807, 2.05) is 24.3 Å². The molecule has 0 heterocycles. The van der Waals surface area contributed by atoms with Crippen molar-refractivity contribution >= 4 is 5.69 Å². The number of ether oxygens (including phenoxy) is 1. The van der Waals surface area contributed by atoms with Gasteiger partial charge in [-0.25, -0.2) is 0 Å². The summed E-state index contributed by atoms with van der Waals surface area (Å²) in [6.45, 7) is 2.96. The lowest BCUT2D eigenvalue weighted by atomic mass is 10.2. The van der Waals surface area contributed by atoms with Gasteiger partial charge in [0.05, 0.1) is 12.7 Å². The number of aliphatic hydroxyl groups is 1. The first-order valence-electron chi connectivity index (χ1n) is 4.72. The Bertz CT molecular complexity index is 256. The van der Waals surface area contributed by atoms with Gasteiger partial charge in [0.25, 0.3) is 0 Å². The lowest BCUT2D eigenvalue weighted by molar-refractivity contribution is 0.185. The van der Waals surface area contributed by atoms with Gasteiger partial charge in [0.15, 0.2) is 0 Å². The summed E-state index contributed by atoms with van der Waals surface area (Å²) < 4.78 is 5.01. The molecule has 0 radical (unpaired) electrons. The zero-order valence-corrected chi connectivity index (χ0v) is 8.66. The van der Waals surface area contributed by atoms with Crippen molar-refractivity contribution in [2.75, 3.05) is 19.0 Å². The normalized spacial score (nSPS) is 12.5. The number of aliphatic hydroxyl groups excluding tert-OH is 1. The molecule has 0 saturated carbocycles. The molecule has 0 aliphatic carbocycles. The summed E-state index contributed by atoms with van der Waals surface area (Å²) in [6.07, 6.45) is -0.325. The first-order chi connectivity index (χ1) is 6.72. The quantitative estimate of drug-likeness (QED) is 0.750. The Balaban J connectivity index is 2.46. The molecule has 1 aromatic rings. The van der Waals surface area contributed by atoms with Gasteiger partial charge < -0.3 is 15.2 Å². The van der Waals surface area contributed by atoms with Crippen LogP contribution in [0.4, 0.5) is 5.69 Å². The van der Waals surface area contributed by atoms with E-state index >= 15 is 0 Å². The minimum atomic E-state index is -0.325. The summed E-state index contributed by atoms with van der Waals surface area (Å²) in [5.74, 6) is 0. The van der Waals surface area contributed by atoms with E-state index < -0.39 is 0 Å². The van der Waals surface area contributed by atoms with E-state index in [-0.39, 0.29) is 6.10 Å². The highest BCUT2D eigenvalue weighted by Crippen LogP contribution is 2.09. The predicted molar refractivity (Wildman–Crippen MR) is 57.3 cm³/mol. The molecule has 0 bridgehead atoms. The fraction of sp³-hybridized carbons (Fsp3) is 0.455. The van der Waals surface area contributed by atoms with E-state index in [0.717, 1.165) is 11.3 Å². The maximum absolute atomic E-state index is 9.07. The van der Waals surface area contributed by atoms with Crippen molar-refractivity contribution in [1.82, 2.24) is 0 Å². The van der Waals surface area contributed by atoms with Gasteiger partial charge in [0, 0.05) is 19.3 Å². The maximum atomic E-state index is 9.07. The van der Waals surface area contributed by atoms with Crippen LogP contribution in [0.15, 0.2) is 24.3 Å². The average Bonchev–Trinajstić information content (AvgIpc) is 2.17. The number of methoxy groups -OCH3 is 1. The molecule has 1 aromatic carbocycles. The zero-order chi connectivity index (χ0) is 10.4. The van der Waals surface area contributed by atoms with Crippen molar-refractivity contribution in [3.63, 3.8) is 0 Å². The Morgan fingerprint density at radius 1 is 1.36 bits per heavy atom. The van der Waals surface area contributed by atoms with Crippen molar-refractivity contribution in [2.24, 2.45) is 0 Å². The fourth-order valence-electron chi connectivity index (χ4n) is 1.15. The molecule has 0 aliphatic rings. The molecule has 0 aromatic heterocycles. The fourth-order valence-corrected chi connectivity index (χ4v) is 1.15. The third-order valence-corrected chi connectivity index (χ3v) is 1.87. The van der Waals surface area contributed by atoms with Crippen molar-refractivity contribution < 1.29 is 9.84 Å². The number of nitrogens with one attached hydrogen (secondary N) is 1. The number of hydrogen-bond donors (Lipinski definition) is 2. The summed E-state index contributed by atoms with van der Waals surface area (Å²) in [4.78, 5) is 0. The monoisotopic (exact) mass is 195 g/mol. The highest BCUT2D eigenvalue weighted by Gasteiger charge is 1.96. The van der Waals surface area contributed by atoms with Crippen LogP contribution in [0, 0.1) is 0 Å². The first-order valence-corrected chi connectivity index (χ1v) is 4.72. The summed E-state index contributed by atoms with van der Waals surface area (Å²) >= 11 is 0. The van der Waals surface area contributed by atoms with Gasteiger partial charge in [0.2, 0.25) is 0 Å². The molecule has 2 N–H and O–H groups in total. The molecule has 14 heavy (non-hydrogen) atoms. The van der Waals surface area contributed by atoms with Crippen LogP contribution in [0.25, 0.3) is 0 Å². The number of hydrogen-bond acceptors (Lipinski definition) is 3. The van der Waals surface area contributed by atoms with Gasteiger partial charge in [-0.05, 0) is 24.6 Å². The standard InChI is InChI=1S/C11H17NO2/c1-9(13)7-12-11-5-3-10(4-6-11)8-14-2/h3-6,9,12-13H,7-8H2,1-2H3. The predicted octanol–water partition coefficient (Wildman–Crippen LogP) is 1.63. The Kier molecular flexibility index (Phi) is 4.43. The molecular formula is C11H17NO2. The van der Waals surface area contributed by atoms with Gasteiger partial charge in [-0.1, -0.05) is 12.1 Å². The lowest BCUT2D eigenvalue weighted by Crippen LogP contribution is -2.15. The molecule has 78 valence electrons. The molecule has 0 amide bonds. The third-order valence-electron chi connectivity index (χ3n) is 1.87. The van der Waals surface area contributed by atoms with Crippen LogP contribution in [-0.2, 0) is 11.3 Å². The summed E-state index contributed by atoms with van der Waals surface area (Å²) in [5.41, 5.74) is 2.17. The van der Waals surface area contributed by atoms with Crippen molar-refractivity contribution in [3.8, 4) is 0 Å². The van der Waals surface area contributed by atoms with Gasteiger partial charge in [0.1, 0.15) is 0 Å². The molecule has 0 fully saturated rings. The van der Waals surface area contributed by atoms with E-state index in [2.05, 4.69) is 5.32 Å². The largest absolute Gasteiger partial charge is 0.392 e. The molecular weight excluding hydrogens is 178 g/mol. The topological polar surface area (TPSA) is 41.5 Å². The molecule has 0 aliphatic heterocycles. The third kappa shape index (κ3) is 3.77. The van der Waals surface area contributed by atoms with Crippen LogP contribution >= 0.6 is 0 Å². The van der Waals surface area contributed by atoms with E-state index in [4.69, 9.17) is 9.84 Å². The van der Waals surface area contributed by atoms with Gasteiger partial charge >= 0.3 is 0 Å². The molecule has 3 heteroatoms. The Morgan fingerprint density at radius 3 is 2.50 bits per heavy atom. The van der Waals surface area contributed by atoms with Crippen molar-refractivity contribution in [3.05, 3.63) is 29.8 Å². The van der Waals surface area contributed by atoms with Crippen molar-refractivity contribution in [1.29, 1.82) is 0 Å². The highest BCUT2D eigenvalue weighted by molar-refractivity contribution is 5.44. The summed E-state index contributed by atoms with van der Waals surface area (Å²) in [5, 5.41) is 12.2. The second-order valence-corrected chi connectivity index (χ2v) is 3.36. The SMILES string of the molecule is COCc1ccc(NCC(C)O)cc1. The smallest absolute Gasteiger partial charge is 0.0713 e. The average molecular weight is 195 g/mol. The van der Waals surface area contributed by atoms with E-state index in [1.54, 1.807) is 14.0 Å². The zero-order valence-electron chi connectivity index (χ0n) is 8.66. The van der Waals surface area contributed by atoms with Crippen LogP contribution in [0.3, 0.4) is 0 Å². The minimum Gasteiger partial charge on any atom is -0.392 e. The van der Waals surface area contributed by atoms with Crippen LogP contribution < -0.4 is 5.32 Å². The van der Waals surface area contributed by atoms with Crippen molar-refractivity contribution in [2.45, 2.75) is 19.6 Å². The second kappa shape index (κ2) is 5.62. The van der Waals surface area contributed by atoms with Gasteiger partial charge in [-0.3, -0.25) is 0 Å². The lowest BCUT2D eigenvalue weighted by Gasteiger charge is -2.08. The Morgan fingerprint density at radius 2 is 2.00 bits per heavy atom. The summed E-state index contributed by atoms with van der Waals surface area (Å²) in [6, 6.07) is 7.98. The Labute approximate surface area is 84.7 Å². The maximum Gasteiger partial charge on any atom is 0.0713 e. The van der Waals surface area contributed by atoms with Crippen LogP contribution in [-0.4, -0.2) is 24.9 Å². The molecule has 1 atom stereocenters. The number of benzene rings is 1. The van der Waals surface area contributed by atoms with Gasteiger partial charge in [-0.15, -0.1) is 0 Å². The van der Waals surface area contributed by atoms with E-state index in [9.17, 15) is 0 Å². The molecule has 0 spiro atoms. The van der Waals surface area contributed by atoms with Crippen LogP contribution in [0.2, 0.25) is 0 Å². The number of rotatable bonds is 5. The minimum absolute atomic E-state index is 0.325. The van der Waals surface area contributed by atoms with Crippen LogP contribution in [0.1, 0.15) is 12.5 Å². The molecule has 1 unspecified atom stereocenters. The molecule has 3 nitrogen and oxygen atoms in total. The van der Waals surface area contributed by atoms with Crippen LogP contribution in [0.5, 0.6) is 0 Å². The van der Waals surface area contributed by atoms with E-state index in [0.29, 0.717) is 13.2 Å². The first kappa shape index (κ1) is 11.0. The second-order valence-electron chi connectivity index (χ2n) is 3.36. The molecule has 0 saturated heterocycles. The molecule has 1 rings (SSSR count). The van der Waals surface area contributed by atoms with E-state index in [1.165, 1.54) is 0 Å². The highest BCUT2D eigenvalue weighted by atomic mass is 16.5. The number of anilines is 1.